The molecule has 1 aliphatic heterocycles. The van der Waals surface area contributed by atoms with Gasteiger partial charge in [0.05, 0.1) is 17.9 Å². The molecule has 0 unspecified atom stereocenters. The van der Waals surface area contributed by atoms with Gasteiger partial charge in [-0.3, -0.25) is 9.79 Å². The summed E-state index contributed by atoms with van der Waals surface area (Å²) in [7, 11) is 0. The largest absolute Gasteiger partial charge is 0.445 e. The number of aromatic nitrogens is 2. The van der Waals surface area contributed by atoms with Crippen LogP contribution in [0.3, 0.4) is 0 Å². The topological polar surface area (TPSA) is 90.5 Å². The van der Waals surface area contributed by atoms with E-state index in [0.717, 1.165) is 0 Å². The molecule has 4 rings (SSSR count). The lowest BCUT2D eigenvalue weighted by atomic mass is 9.68. The average Bonchev–Trinajstić information content (AvgIpc) is 2.76. The number of Topliss-reactive ketones (excluding diaryl/α,β-unsaturated/α-hetero) is 1. The summed E-state index contributed by atoms with van der Waals surface area (Å²) in [5, 5.41) is 0.361. The Bertz CT molecular complexity index is 1000. The first-order valence-corrected chi connectivity index (χ1v) is 10.8. The number of rotatable bonds is 6. The van der Waals surface area contributed by atoms with E-state index in [9.17, 15) is 18.0 Å². The third kappa shape index (κ3) is 4.39. The summed E-state index contributed by atoms with van der Waals surface area (Å²) in [6.07, 6.45) is 2.33. The molecule has 0 amide bonds. The summed E-state index contributed by atoms with van der Waals surface area (Å²) in [6.45, 7) is -1.04. The zero-order valence-corrected chi connectivity index (χ0v) is 17.4. The van der Waals surface area contributed by atoms with E-state index in [1.165, 1.54) is 36.3 Å². The van der Waals surface area contributed by atoms with Gasteiger partial charge in [-0.05, 0) is 37.0 Å². The smallest absolute Gasteiger partial charge is 0.234 e. The molecule has 1 saturated carbocycles. The zero-order valence-electron chi connectivity index (χ0n) is 16.6. The fraction of sp³-hybridized carbons (Fsp3) is 0.429. The van der Waals surface area contributed by atoms with Crippen molar-refractivity contribution in [2.75, 3.05) is 12.6 Å². The highest BCUT2D eigenvalue weighted by Crippen LogP contribution is 2.50. The van der Waals surface area contributed by atoms with Gasteiger partial charge in [-0.1, -0.05) is 17.8 Å². The first-order valence-electron chi connectivity index (χ1n) is 9.86. The van der Waals surface area contributed by atoms with Crippen molar-refractivity contribution in [3.8, 4) is 5.88 Å². The van der Waals surface area contributed by atoms with Crippen molar-refractivity contribution in [1.82, 2.24) is 9.97 Å². The molecule has 10 heteroatoms. The number of thioether (sulfide) groups is 1. The molecule has 2 heterocycles. The maximum absolute atomic E-state index is 15.0. The molecule has 0 saturated heterocycles. The molecule has 164 valence electrons. The van der Waals surface area contributed by atoms with Crippen molar-refractivity contribution in [2.45, 2.75) is 37.4 Å². The lowest BCUT2D eigenvalue weighted by molar-refractivity contribution is 0.0987. The molecule has 1 aliphatic carbocycles. The number of ether oxygens (including phenoxy) is 1. The molecule has 1 aromatic heterocycles. The number of aliphatic imine (C=N–C) groups is 1. The Morgan fingerprint density at radius 2 is 2.16 bits per heavy atom. The maximum Gasteiger partial charge on any atom is 0.234 e. The Morgan fingerprint density at radius 1 is 1.32 bits per heavy atom. The number of fused-ring (bicyclic) bond motifs is 1. The molecule has 6 nitrogen and oxygen atoms in total. The van der Waals surface area contributed by atoms with Gasteiger partial charge >= 0.3 is 0 Å². The summed E-state index contributed by atoms with van der Waals surface area (Å²) >= 11 is 1.36. The van der Waals surface area contributed by atoms with Crippen LogP contribution in [0.2, 0.25) is 0 Å². The van der Waals surface area contributed by atoms with Gasteiger partial charge < -0.3 is 10.5 Å². The highest BCUT2D eigenvalue weighted by Gasteiger charge is 2.48. The van der Waals surface area contributed by atoms with Crippen molar-refractivity contribution >= 4 is 22.7 Å². The van der Waals surface area contributed by atoms with E-state index in [1.807, 2.05) is 0 Å². The van der Waals surface area contributed by atoms with E-state index >= 15 is 0 Å². The number of carbonyl (C=O) groups excluding carboxylic acids is 1. The fourth-order valence-electron chi connectivity index (χ4n) is 4.27. The second kappa shape index (κ2) is 8.86. The zero-order chi connectivity index (χ0) is 22.0. The second-order valence-electron chi connectivity index (χ2n) is 7.66. The lowest BCUT2D eigenvalue weighted by Crippen LogP contribution is -2.45. The number of alkyl halides is 2. The van der Waals surface area contributed by atoms with Crippen molar-refractivity contribution < 1.29 is 22.7 Å². The van der Waals surface area contributed by atoms with Crippen LogP contribution in [0.15, 0.2) is 35.6 Å². The molecule has 0 bridgehead atoms. The Kier molecular flexibility index (Phi) is 6.17. The van der Waals surface area contributed by atoms with E-state index in [4.69, 9.17) is 5.73 Å². The van der Waals surface area contributed by atoms with Crippen LogP contribution in [0.4, 0.5) is 13.2 Å². The minimum absolute atomic E-state index is 0.0256. The van der Waals surface area contributed by atoms with Gasteiger partial charge in [0, 0.05) is 23.7 Å². The molecule has 2 aliphatic rings. The molecular formula is C21H21F3N4O2S. The lowest BCUT2D eigenvalue weighted by Gasteiger charge is -2.45. The number of ketones is 1. The van der Waals surface area contributed by atoms with Crippen LogP contribution in [-0.2, 0) is 12.0 Å². The minimum atomic E-state index is -1.04. The molecule has 3 atom stereocenters. The number of hydrogen-bond donors (Lipinski definition) is 1. The van der Waals surface area contributed by atoms with Crippen molar-refractivity contribution in [3.63, 3.8) is 0 Å². The SMILES string of the molecule is NC1=N[C@@]2(c3cc(CC(=O)c4cnc(OCF)cn4)ccc3F)CC[C@H](F)C[C@H]2CS1. The van der Waals surface area contributed by atoms with Gasteiger partial charge in [0.1, 0.15) is 17.7 Å². The highest BCUT2D eigenvalue weighted by molar-refractivity contribution is 8.13. The molecule has 1 aromatic carbocycles. The third-order valence-corrected chi connectivity index (χ3v) is 6.73. The number of nitrogens with two attached hydrogens (primary N) is 1. The number of benzene rings is 1. The molecule has 0 spiro atoms. The van der Waals surface area contributed by atoms with Crippen LogP contribution in [0, 0.1) is 11.7 Å². The third-order valence-electron chi connectivity index (χ3n) is 5.77. The molecule has 31 heavy (non-hydrogen) atoms. The molecule has 0 radical (unpaired) electrons. The number of hydrogen-bond acceptors (Lipinski definition) is 7. The van der Waals surface area contributed by atoms with Crippen molar-refractivity contribution in [3.05, 3.63) is 53.2 Å². The monoisotopic (exact) mass is 450 g/mol. The molecule has 1 fully saturated rings. The van der Waals surface area contributed by atoms with E-state index in [1.54, 1.807) is 6.07 Å². The number of halogens is 3. The van der Waals surface area contributed by atoms with Gasteiger partial charge in [-0.15, -0.1) is 0 Å². The number of carbonyl (C=O) groups is 1. The Hall–Kier alpha value is -2.62. The summed E-state index contributed by atoms with van der Waals surface area (Å²) in [5.74, 6) is -0.415. The van der Waals surface area contributed by atoms with Crippen LogP contribution < -0.4 is 10.5 Å². The predicted octanol–water partition coefficient (Wildman–Crippen LogP) is 3.74. The van der Waals surface area contributed by atoms with Crippen LogP contribution in [0.1, 0.15) is 40.9 Å². The van der Waals surface area contributed by atoms with Crippen LogP contribution >= 0.6 is 11.8 Å². The standard InChI is InChI=1S/C21H21F3N4O2S/c22-11-30-19-9-26-17(8-27-19)18(29)6-12-1-2-16(24)15(5-12)21-4-3-14(23)7-13(21)10-31-20(25)28-21/h1-2,5,8-9,13-14H,3-4,6-7,10-11H2,(H2,25,28)/t13-,14-,21-/m0/s1. The van der Waals surface area contributed by atoms with Crippen LogP contribution in [0.5, 0.6) is 5.88 Å². The van der Waals surface area contributed by atoms with Crippen molar-refractivity contribution in [1.29, 1.82) is 0 Å². The van der Waals surface area contributed by atoms with Gasteiger partial charge in [0.15, 0.2) is 11.0 Å². The summed E-state index contributed by atoms with van der Waals surface area (Å²) in [4.78, 5) is 25.0. The van der Waals surface area contributed by atoms with Gasteiger partial charge in [-0.25, -0.2) is 23.1 Å². The molecule has 2 N–H and O–H groups in total. The Balaban J connectivity index is 1.62. The van der Waals surface area contributed by atoms with Gasteiger partial charge in [-0.2, -0.15) is 0 Å². The Labute approximate surface area is 181 Å². The first-order chi connectivity index (χ1) is 14.9. The minimum Gasteiger partial charge on any atom is -0.445 e. The Morgan fingerprint density at radius 3 is 2.90 bits per heavy atom. The van der Waals surface area contributed by atoms with Crippen molar-refractivity contribution in [2.24, 2.45) is 16.6 Å². The quantitative estimate of drug-likeness (QED) is 0.675. The van der Waals surface area contributed by atoms with E-state index in [-0.39, 0.29) is 36.1 Å². The van der Waals surface area contributed by atoms with Crippen LogP contribution in [-0.4, -0.2) is 39.7 Å². The summed E-state index contributed by atoms with van der Waals surface area (Å²) in [5.41, 5.74) is 6.05. The normalized spacial score (nSPS) is 25.5. The van der Waals surface area contributed by atoms with Crippen LogP contribution in [0.25, 0.3) is 0 Å². The second-order valence-corrected chi connectivity index (χ2v) is 8.70. The summed E-state index contributed by atoms with van der Waals surface area (Å²) < 4.78 is 45.8. The van der Waals surface area contributed by atoms with Gasteiger partial charge in [0.25, 0.3) is 0 Å². The number of amidine groups is 1. The predicted molar refractivity (Wildman–Crippen MR) is 111 cm³/mol. The summed E-state index contributed by atoms with van der Waals surface area (Å²) in [6, 6.07) is 4.46. The maximum atomic E-state index is 15.0. The van der Waals surface area contributed by atoms with E-state index in [2.05, 4.69) is 19.7 Å². The fourth-order valence-corrected chi connectivity index (χ4v) is 5.28. The number of nitrogens with zero attached hydrogens (tertiary/aromatic N) is 3. The van der Waals surface area contributed by atoms with E-state index in [0.29, 0.717) is 34.9 Å². The molecular weight excluding hydrogens is 429 g/mol. The highest BCUT2D eigenvalue weighted by atomic mass is 32.2. The van der Waals surface area contributed by atoms with E-state index < -0.39 is 24.4 Å². The van der Waals surface area contributed by atoms with Gasteiger partial charge in [0.2, 0.25) is 12.7 Å². The molecule has 2 aromatic rings. The average molecular weight is 450 g/mol. The first kappa shape index (κ1) is 21.6.